The standard InChI is InChI=1S/C36H42N2O4/c1-23(35(39)40)34(25-6-7-25)28-8-5-24-10-12-31(42-32(24)20-28)30-11-9-26(27-13-17-37-33(21-27)41-2)19-29(30)22-38-18-4-3-14-36(38)15-16-36/h5,8-9,11,13,17,19-21,23,25,31,34H,3-4,6-7,10,12,14-16,18,22H2,1-2H3,(H,39,40)/t23-,31-,34-/m0/s1. The zero-order valence-corrected chi connectivity index (χ0v) is 24.9. The first-order chi connectivity index (χ1) is 20.4. The van der Waals surface area contributed by atoms with Crippen LogP contribution >= 0.6 is 0 Å². The second-order valence-corrected chi connectivity index (χ2v) is 13.1. The van der Waals surface area contributed by atoms with Crippen LogP contribution < -0.4 is 9.47 Å². The monoisotopic (exact) mass is 566 g/mol. The number of hydrogen-bond donors (Lipinski definition) is 1. The summed E-state index contributed by atoms with van der Waals surface area (Å²) in [7, 11) is 1.66. The van der Waals surface area contributed by atoms with Crippen molar-refractivity contribution < 1.29 is 19.4 Å². The van der Waals surface area contributed by atoms with Gasteiger partial charge in [-0.25, -0.2) is 4.98 Å². The second kappa shape index (κ2) is 11.0. The number of carboxylic acid groups (broad SMARTS) is 1. The Morgan fingerprint density at radius 3 is 2.67 bits per heavy atom. The highest BCUT2D eigenvalue weighted by molar-refractivity contribution is 5.71. The number of rotatable bonds is 9. The average Bonchev–Trinajstić information content (AvgIpc) is 3.96. The molecule has 3 atom stereocenters. The Hall–Kier alpha value is -3.38. The van der Waals surface area contributed by atoms with Crippen LogP contribution in [0.3, 0.4) is 0 Å². The zero-order chi connectivity index (χ0) is 28.8. The van der Waals surface area contributed by atoms with E-state index < -0.39 is 11.9 Å². The largest absolute Gasteiger partial charge is 0.485 e. The molecule has 7 rings (SSSR count). The van der Waals surface area contributed by atoms with Gasteiger partial charge in [0.05, 0.1) is 13.0 Å². The lowest BCUT2D eigenvalue weighted by Gasteiger charge is -2.37. The summed E-state index contributed by atoms with van der Waals surface area (Å²) in [6, 6.07) is 17.4. The summed E-state index contributed by atoms with van der Waals surface area (Å²) in [6.45, 7) is 3.96. The van der Waals surface area contributed by atoms with Crippen LogP contribution in [0.1, 0.15) is 92.6 Å². The van der Waals surface area contributed by atoms with Gasteiger partial charge in [0.25, 0.3) is 0 Å². The van der Waals surface area contributed by atoms with Crippen LogP contribution in [0.15, 0.2) is 54.7 Å². The third kappa shape index (κ3) is 5.30. The molecule has 1 aromatic heterocycles. The van der Waals surface area contributed by atoms with Crippen LogP contribution in [0.2, 0.25) is 0 Å². The van der Waals surface area contributed by atoms with Crippen molar-refractivity contribution in [3.8, 4) is 22.8 Å². The fourth-order valence-corrected chi connectivity index (χ4v) is 7.64. The van der Waals surface area contributed by atoms with Crippen LogP contribution in [0.5, 0.6) is 11.6 Å². The number of methoxy groups -OCH3 is 1. The number of aromatic nitrogens is 1. The molecule has 0 amide bonds. The van der Waals surface area contributed by atoms with Crippen molar-refractivity contribution in [2.75, 3.05) is 13.7 Å². The molecule has 1 N–H and O–H groups in total. The second-order valence-electron chi connectivity index (χ2n) is 13.1. The zero-order valence-electron chi connectivity index (χ0n) is 24.9. The number of nitrogens with zero attached hydrogens (tertiary/aromatic N) is 2. The van der Waals surface area contributed by atoms with Gasteiger partial charge in [0.15, 0.2) is 0 Å². The Bertz CT molecular complexity index is 1480. The van der Waals surface area contributed by atoms with Crippen LogP contribution in [-0.4, -0.2) is 40.2 Å². The Morgan fingerprint density at radius 1 is 1.07 bits per heavy atom. The van der Waals surface area contributed by atoms with Crippen LogP contribution in [-0.2, 0) is 17.8 Å². The smallest absolute Gasteiger partial charge is 0.306 e. The van der Waals surface area contributed by atoms with Crippen molar-refractivity contribution in [2.45, 2.75) is 88.8 Å². The van der Waals surface area contributed by atoms with Crippen LogP contribution in [0.4, 0.5) is 0 Å². The SMILES string of the molecule is COc1cc(-c2ccc([C@@H]3CCc4ccc([C@H](C5CC5)[C@H](C)C(=O)O)cc4O3)c(CN3CCCCC34CC4)c2)ccn1. The first-order valence-corrected chi connectivity index (χ1v) is 15.8. The van der Waals surface area contributed by atoms with E-state index >= 15 is 0 Å². The molecule has 6 heteroatoms. The highest BCUT2D eigenvalue weighted by atomic mass is 16.5. The number of piperidine rings is 1. The lowest BCUT2D eigenvalue weighted by Crippen LogP contribution is -2.41. The van der Waals surface area contributed by atoms with Gasteiger partial charge < -0.3 is 14.6 Å². The molecule has 220 valence electrons. The number of carboxylic acids is 1. The van der Waals surface area contributed by atoms with Gasteiger partial charge in [0, 0.05) is 24.3 Å². The van der Waals surface area contributed by atoms with Gasteiger partial charge in [0.1, 0.15) is 11.9 Å². The van der Waals surface area contributed by atoms with Gasteiger partial charge in [-0.05, 0) is 121 Å². The molecule has 3 heterocycles. The van der Waals surface area contributed by atoms with Gasteiger partial charge in [-0.2, -0.15) is 0 Å². The lowest BCUT2D eigenvalue weighted by molar-refractivity contribution is -0.142. The molecule has 0 unspecified atom stereocenters. The van der Waals surface area contributed by atoms with Gasteiger partial charge >= 0.3 is 5.97 Å². The van der Waals surface area contributed by atoms with E-state index in [4.69, 9.17) is 9.47 Å². The highest BCUT2D eigenvalue weighted by Gasteiger charge is 2.48. The van der Waals surface area contributed by atoms with Crippen molar-refractivity contribution in [1.82, 2.24) is 9.88 Å². The normalized spacial score (nSPS) is 22.6. The number of pyridine rings is 1. The molecule has 1 spiro atoms. The number of carbonyl (C=O) groups is 1. The summed E-state index contributed by atoms with van der Waals surface area (Å²) in [5.41, 5.74) is 7.63. The maximum absolute atomic E-state index is 11.9. The predicted molar refractivity (Wildman–Crippen MR) is 163 cm³/mol. The van der Waals surface area contributed by atoms with E-state index in [2.05, 4.69) is 46.3 Å². The summed E-state index contributed by atoms with van der Waals surface area (Å²) < 4.78 is 12.2. The van der Waals surface area contributed by atoms with Gasteiger partial charge in [0.2, 0.25) is 5.88 Å². The maximum atomic E-state index is 11.9. The average molecular weight is 567 g/mol. The maximum Gasteiger partial charge on any atom is 0.306 e. The number of aliphatic carboxylic acids is 1. The Kier molecular flexibility index (Phi) is 7.21. The highest BCUT2D eigenvalue weighted by Crippen LogP contribution is 2.50. The number of benzene rings is 2. The number of likely N-dealkylation sites (tertiary alicyclic amines) is 1. The van der Waals surface area contributed by atoms with Crippen molar-refractivity contribution in [3.63, 3.8) is 0 Å². The number of ether oxygens (including phenoxy) is 2. The topological polar surface area (TPSA) is 71.9 Å². The summed E-state index contributed by atoms with van der Waals surface area (Å²) >= 11 is 0. The minimum Gasteiger partial charge on any atom is -0.485 e. The Balaban J connectivity index is 1.21. The molecule has 42 heavy (non-hydrogen) atoms. The number of fused-ring (bicyclic) bond motifs is 1. The molecule has 4 aliphatic rings. The molecule has 1 saturated heterocycles. The van der Waals surface area contributed by atoms with Crippen molar-refractivity contribution in [3.05, 3.63) is 77.0 Å². The van der Waals surface area contributed by atoms with Crippen LogP contribution in [0, 0.1) is 11.8 Å². The predicted octanol–water partition coefficient (Wildman–Crippen LogP) is 7.56. The van der Waals surface area contributed by atoms with Crippen molar-refractivity contribution in [2.24, 2.45) is 11.8 Å². The van der Waals surface area contributed by atoms with E-state index in [1.807, 2.05) is 25.3 Å². The first-order valence-electron chi connectivity index (χ1n) is 15.8. The Morgan fingerprint density at radius 2 is 1.90 bits per heavy atom. The Labute approximate surface area is 249 Å². The summed E-state index contributed by atoms with van der Waals surface area (Å²) in [4.78, 5) is 19.0. The third-order valence-corrected chi connectivity index (χ3v) is 10.4. The lowest BCUT2D eigenvalue weighted by atomic mass is 9.82. The minimum absolute atomic E-state index is 0.0278. The summed E-state index contributed by atoms with van der Waals surface area (Å²) in [5.74, 6) is 0.927. The molecule has 0 radical (unpaired) electrons. The third-order valence-electron chi connectivity index (χ3n) is 10.4. The molecule has 2 saturated carbocycles. The molecule has 6 nitrogen and oxygen atoms in total. The summed E-state index contributed by atoms with van der Waals surface area (Å²) in [6.07, 6.45) is 12.5. The molecule has 2 aromatic carbocycles. The number of hydrogen-bond acceptors (Lipinski definition) is 5. The van der Waals surface area contributed by atoms with Gasteiger partial charge in [-0.3, -0.25) is 9.69 Å². The van der Waals surface area contributed by atoms with E-state index in [0.717, 1.165) is 55.6 Å². The fraction of sp³-hybridized carbons (Fsp3) is 0.500. The van der Waals surface area contributed by atoms with Crippen molar-refractivity contribution >= 4 is 5.97 Å². The van der Waals surface area contributed by atoms with E-state index in [-0.39, 0.29) is 12.0 Å². The molecule has 2 aliphatic carbocycles. The summed E-state index contributed by atoms with van der Waals surface area (Å²) in [5, 5.41) is 9.81. The van der Waals surface area contributed by atoms with Gasteiger partial charge in [-0.15, -0.1) is 0 Å². The van der Waals surface area contributed by atoms with E-state index in [0.29, 0.717) is 17.3 Å². The van der Waals surface area contributed by atoms with Crippen molar-refractivity contribution in [1.29, 1.82) is 0 Å². The molecule has 0 bridgehead atoms. The van der Waals surface area contributed by atoms with E-state index in [1.165, 1.54) is 54.4 Å². The first kappa shape index (κ1) is 27.5. The minimum atomic E-state index is -0.717. The van der Waals surface area contributed by atoms with Gasteiger partial charge in [-0.1, -0.05) is 37.6 Å². The quantitative estimate of drug-likeness (QED) is 0.288. The molecule has 3 aromatic rings. The van der Waals surface area contributed by atoms with Crippen LogP contribution in [0.25, 0.3) is 11.1 Å². The van der Waals surface area contributed by atoms with E-state index in [1.54, 1.807) is 7.11 Å². The molecule has 2 aliphatic heterocycles. The molecular weight excluding hydrogens is 524 g/mol. The fourth-order valence-electron chi connectivity index (χ4n) is 7.64. The van der Waals surface area contributed by atoms with E-state index in [9.17, 15) is 9.90 Å². The number of aryl methyl sites for hydroxylation is 1. The molecular formula is C36H42N2O4. The molecule has 3 fully saturated rings.